The maximum atomic E-state index is 13.4. The highest BCUT2D eigenvalue weighted by Gasteiger charge is 2.28. The molecule has 0 fully saturated rings. The first-order chi connectivity index (χ1) is 15.9. The number of pyridine rings is 1. The quantitative estimate of drug-likeness (QED) is 0.467. The Morgan fingerprint density at radius 2 is 2.00 bits per heavy atom. The van der Waals surface area contributed by atoms with Gasteiger partial charge in [-0.2, -0.15) is 0 Å². The molecule has 2 aromatic carbocycles. The zero-order valence-electron chi connectivity index (χ0n) is 18.5. The number of carbonyl (C=O) groups is 2. The van der Waals surface area contributed by atoms with E-state index in [1.165, 1.54) is 13.0 Å². The van der Waals surface area contributed by atoms with Crippen molar-refractivity contribution in [2.24, 2.45) is 0 Å². The lowest BCUT2D eigenvalue weighted by atomic mass is 9.95. The Kier molecular flexibility index (Phi) is 7.17. The van der Waals surface area contributed by atoms with E-state index in [2.05, 4.69) is 17.1 Å². The molecule has 1 aliphatic rings. The summed E-state index contributed by atoms with van der Waals surface area (Å²) < 4.78 is 5.64. The van der Waals surface area contributed by atoms with E-state index in [9.17, 15) is 9.59 Å². The number of carbonyl (C=O) groups excluding carboxylic acids is 2. The van der Waals surface area contributed by atoms with Crippen LogP contribution in [-0.4, -0.2) is 41.0 Å². The van der Waals surface area contributed by atoms with E-state index in [1.54, 1.807) is 12.1 Å². The fraction of sp³-hybridized carbons (Fsp3) is 0.320. The summed E-state index contributed by atoms with van der Waals surface area (Å²) in [6.45, 7) is 6.15. The van der Waals surface area contributed by atoms with E-state index in [1.807, 2.05) is 24.3 Å². The number of rotatable bonds is 6. The van der Waals surface area contributed by atoms with Crippen molar-refractivity contribution in [2.45, 2.75) is 39.3 Å². The number of anilines is 1. The number of benzene rings is 2. The summed E-state index contributed by atoms with van der Waals surface area (Å²) in [5, 5.41) is 4.19. The van der Waals surface area contributed by atoms with Gasteiger partial charge in [-0.25, -0.2) is 4.79 Å². The van der Waals surface area contributed by atoms with Crippen LogP contribution >= 0.6 is 23.2 Å². The maximum Gasteiger partial charge on any atom is 0.339 e. The number of ether oxygens (including phenoxy) is 1. The van der Waals surface area contributed by atoms with Gasteiger partial charge in [0.15, 0.2) is 6.10 Å². The van der Waals surface area contributed by atoms with Gasteiger partial charge in [-0.1, -0.05) is 48.3 Å². The second kappa shape index (κ2) is 10.1. The van der Waals surface area contributed by atoms with Gasteiger partial charge >= 0.3 is 5.97 Å². The van der Waals surface area contributed by atoms with Gasteiger partial charge in [0.2, 0.25) is 0 Å². The van der Waals surface area contributed by atoms with Crippen LogP contribution in [0.3, 0.4) is 0 Å². The molecule has 0 saturated carbocycles. The van der Waals surface area contributed by atoms with Gasteiger partial charge in [0.1, 0.15) is 0 Å². The van der Waals surface area contributed by atoms with Crippen molar-refractivity contribution < 1.29 is 14.3 Å². The Morgan fingerprint density at radius 1 is 1.21 bits per heavy atom. The SMILES string of the molecule is CCCN1CCc2nc3ccccc3c(C(=O)OC(C)C(=O)Nc3ccc(Cl)cc3Cl)c2C1. The molecule has 8 heteroatoms. The number of hydrogen-bond acceptors (Lipinski definition) is 5. The van der Waals surface area contributed by atoms with Gasteiger partial charge in [-0.15, -0.1) is 0 Å². The molecule has 0 saturated heterocycles. The molecule has 0 spiro atoms. The number of fused-ring (bicyclic) bond motifs is 2. The fourth-order valence-corrected chi connectivity index (χ4v) is 4.54. The van der Waals surface area contributed by atoms with Gasteiger partial charge in [0, 0.05) is 41.2 Å². The molecule has 4 rings (SSSR count). The van der Waals surface area contributed by atoms with E-state index in [4.69, 9.17) is 32.9 Å². The van der Waals surface area contributed by atoms with Crippen LogP contribution in [0.15, 0.2) is 42.5 Å². The minimum atomic E-state index is -1.03. The third kappa shape index (κ3) is 5.13. The molecule has 1 aromatic heterocycles. The molecule has 1 N–H and O–H groups in total. The minimum absolute atomic E-state index is 0.305. The van der Waals surface area contributed by atoms with Crippen LogP contribution in [0.5, 0.6) is 0 Å². The number of esters is 1. The Labute approximate surface area is 202 Å². The summed E-state index contributed by atoms with van der Waals surface area (Å²) in [7, 11) is 0. The number of amides is 1. The largest absolute Gasteiger partial charge is 0.449 e. The molecule has 2 heterocycles. The van der Waals surface area contributed by atoms with Crippen molar-refractivity contribution in [3.05, 3.63) is 69.3 Å². The molecule has 33 heavy (non-hydrogen) atoms. The molecule has 6 nitrogen and oxygen atoms in total. The van der Waals surface area contributed by atoms with Gasteiger partial charge in [-0.3, -0.25) is 14.7 Å². The zero-order chi connectivity index (χ0) is 23.5. The Bertz CT molecular complexity index is 1210. The molecule has 172 valence electrons. The van der Waals surface area contributed by atoms with Crippen LogP contribution < -0.4 is 5.32 Å². The Morgan fingerprint density at radius 3 is 2.76 bits per heavy atom. The molecule has 1 aliphatic heterocycles. The lowest BCUT2D eigenvalue weighted by Gasteiger charge is -2.29. The number of para-hydroxylation sites is 1. The van der Waals surface area contributed by atoms with Crippen LogP contribution in [0.2, 0.25) is 10.0 Å². The molecule has 1 amide bonds. The number of aromatic nitrogens is 1. The second-order valence-electron chi connectivity index (χ2n) is 8.12. The van der Waals surface area contributed by atoms with Gasteiger partial charge in [-0.05, 0) is 44.2 Å². The summed E-state index contributed by atoms with van der Waals surface area (Å²) >= 11 is 12.1. The Hall–Kier alpha value is -2.67. The topological polar surface area (TPSA) is 71.5 Å². The summed E-state index contributed by atoms with van der Waals surface area (Å²) in [4.78, 5) is 33.2. The summed E-state index contributed by atoms with van der Waals surface area (Å²) in [5.41, 5.74) is 3.43. The highest BCUT2D eigenvalue weighted by atomic mass is 35.5. The van der Waals surface area contributed by atoms with Crippen molar-refractivity contribution in [2.75, 3.05) is 18.4 Å². The summed E-state index contributed by atoms with van der Waals surface area (Å²) in [6, 6.07) is 12.3. The van der Waals surface area contributed by atoms with Crippen molar-refractivity contribution in [3.63, 3.8) is 0 Å². The highest BCUT2D eigenvalue weighted by molar-refractivity contribution is 6.36. The minimum Gasteiger partial charge on any atom is -0.449 e. The molecular formula is C25H25Cl2N3O3. The lowest BCUT2D eigenvalue weighted by molar-refractivity contribution is -0.123. The van der Waals surface area contributed by atoms with E-state index in [0.29, 0.717) is 27.8 Å². The van der Waals surface area contributed by atoms with Crippen molar-refractivity contribution in [1.82, 2.24) is 9.88 Å². The average Bonchev–Trinajstić information content (AvgIpc) is 2.79. The van der Waals surface area contributed by atoms with Gasteiger partial charge in [0.05, 0.1) is 21.8 Å². The number of halogens is 2. The summed E-state index contributed by atoms with van der Waals surface area (Å²) in [5.74, 6) is -1.01. The zero-order valence-corrected chi connectivity index (χ0v) is 20.0. The standard InChI is InChI=1S/C25H25Cl2N3O3/c1-3-11-30-12-10-21-18(14-30)23(17-6-4-5-7-20(17)28-21)25(32)33-15(2)24(31)29-22-9-8-16(26)13-19(22)27/h4-9,13,15H,3,10-12,14H2,1-2H3,(H,29,31). The molecule has 0 aliphatic carbocycles. The lowest BCUT2D eigenvalue weighted by Crippen LogP contribution is -2.34. The van der Waals surface area contributed by atoms with Crippen molar-refractivity contribution in [3.8, 4) is 0 Å². The molecule has 0 radical (unpaired) electrons. The number of nitrogens with one attached hydrogen (secondary N) is 1. The van der Waals surface area contributed by atoms with Gasteiger partial charge < -0.3 is 10.1 Å². The van der Waals surface area contributed by atoms with Gasteiger partial charge in [0.25, 0.3) is 5.91 Å². The van der Waals surface area contributed by atoms with Crippen LogP contribution in [-0.2, 0) is 22.5 Å². The highest BCUT2D eigenvalue weighted by Crippen LogP contribution is 2.30. The number of hydrogen-bond donors (Lipinski definition) is 1. The van der Waals surface area contributed by atoms with E-state index in [-0.39, 0.29) is 0 Å². The predicted octanol–water partition coefficient (Wildman–Crippen LogP) is 5.49. The van der Waals surface area contributed by atoms with E-state index in [0.717, 1.165) is 48.1 Å². The molecule has 0 bridgehead atoms. The van der Waals surface area contributed by atoms with E-state index < -0.39 is 18.0 Å². The smallest absolute Gasteiger partial charge is 0.339 e. The van der Waals surface area contributed by atoms with Crippen LogP contribution in [0.4, 0.5) is 5.69 Å². The summed E-state index contributed by atoms with van der Waals surface area (Å²) in [6.07, 6.45) is 0.772. The van der Waals surface area contributed by atoms with E-state index >= 15 is 0 Å². The van der Waals surface area contributed by atoms with Crippen molar-refractivity contribution in [1.29, 1.82) is 0 Å². The van der Waals surface area contributed by atoms with Crippen LogP contribution in [0, 0.1) is 0 Å². The van der Waals surface area contributed by atoms with Crippen LogP contribution in [0.25, 0.3) is 10.9 Å². The van der Waals surface area contributed by atoms with Crippen molar-refractivity contribution >= 4 is 51.7 Å². The normalized spacial score (nSPS) is 14.5. The maximum absolute atomic E-state index is 13.4. The molecule has 3 aromatic rings. The predicted molar refractivity (Wildman–Crippen MR) is 131 cm³/mol. The first kappa shape index (κ1) is 23.5. The molecule has 1 atom stereocenters. The monoisotopic (exact) mass is 485 g/mol. The fourth-order valence-electron chi connectivity index (χ4n) is 4.08. The molecule has 1 unspecified atom stereocenters. The second-order valence-corrected chi connectivity index (χ2v) is 8.96. The molecular weight excluding hydrogens is 461 g/mol. The Balaban J connectivity index is 1.60. The third-order valence-electron chi connectivity index (χ3n) is 5.71. The first-order valence-corrected chi connectivity index (χ1v) is 11.7. The first-order valence-electron chi connectivity index (χ1n) is 11.0. The third-order valence-corrected chi connectivity index (χ3v) is 6.26. The average molecular weight is 486 g/mol. The van der Waals surface area contributed by atoms with Crippen LogP contribution in [0.1, 0.15) is 41.9 Å². The number of nitrogens with zero attached hydrogens (tertiary/aromatic N) is 2.